The molecule has 1 aromatic heterocycles. The first-order valence-corrected chi connectivity index (χ1v) is 3.60. The Morgan fingerprint density at radius 3 is 2.73 bits per heavy atom. The summed E-state index contributed by atoms with van der Waals surface area (Å²) in [6.07, 6.45) is 1.48. The van der Waals surface area contributed by atoms with Gasteiger partial charge in [-0.1, -0.05) is 0 Å². The lowest BCUT2D eigenvalue weighted by molar-refractivity contribution is 0.0690. The maximum absolute atomic E-state index is 10.4. The third kappa shape index (κ3) is 1.37. The number of hydrogen-bond acceptors (Lipinski definition) is 2. The second-order valence-electron chi connectivity index (χ2n) is 1.85. The van der Waals surface area contributed by atoms with Gasteiger partial charge in [0, 0.05) is 6.20 Å². The number of hydrogen-bond donors (Lipinski definition) is 2. The van der Waals surface area contributed by atoms with Crippen LogP contribution in [0.5, 0.6) is 5.75 Å². The molecule has 0 amide bonds. The van der Waals surface area contributed by atoms with Crippen molar-refractivity contribution < 1.29 is 14.6 Å². The van der Waals surface area contributed by atoms with Crippen LogP contribution >= 0.6 is 15.9 Å². The van der Waals surface area contributed by atoms with Crippen molar-refractivity contribution in [3.05, 3.63) is 16.4 Å². The number of aromatic amines is 1. The molecule has 5 heteroatoms. The molecule has 1 rings (SSSR count). The number of aromatic carboxylic acids is 1. The molecule has 0 spiro atoms. The average Bonchev–Trinajstić information content (AvgIpc) is 2.30. The maximum Gasteiger partial charge on any atom is 0.353 e. The topological polar surface area (TPSA) is 62.3 Å². The highest BCUT2D eigenvalue weighted by Gasteiger charge is 2.14. The first kappa shape index (κ1) is 8.13. The van der Waals surface area contributed by atoms with Crippen molar-refractivity contribution in [2.24, 2.45) is 0 Å². The zero-order chi connectivity index (χ0) is 8.43. The molecule has 0 atom stereocenters. The molecule has 0 aliphatic rings. The van der Waals surface area contributed by atoms with Crippen LogP contribution in [0.1, 0.15) is 10.5 Å². The van der Waals surface area contributed by atoms with Crippen molar-refractivity contribution in [2.45, 2.75) is 0 Å². The lowest BCUT2D eigenvalue weighted by atomic mass is 10.4. The predicted molar refractivity (Wildman–Crippen MR) is 42.0 cm³/mol. The Kier molecular flexibility index (Phi) is 2.19. The van der Waals surface area contributed by atoms with E-state index < -0.39 is 5.97 Å². The molecule has 0 aliphatic carbocycles. The Morgan fingerprint density at radius 1 is 1.82 bits per heavy atom. The Bertz CT molecular complexity index is 281. The maximum atomic E-state index is 10.4. The minimum Gasteiger partial charge on any atom is -0.494 e. The van der Waals surface area contributed by atoms with Gasteiger partial charge >= 0.3 is 5.97 Å². The molecule has 1 aromatic rings. The van der Waals surface area contributed by atoms with Gasteiger partial charge in [0.05, 0.1) is 11.6 Å². The van der Waals surface area contributed by atoms with E-state index in [1.54, 1.807) is 0 Å². The number of carboxylic acids is 1. The Morgan fingerprint density at radius 2 is 2.45 bits per heavy atom. The molecular formula is C6H6BrNO3. The van der Waals surface area contributed by atoms with Crippen molar-refractivity contribution in [3.63, 3.8) is 0 Å². The summed E-state index contributed by atoms with van der Waals surface area (Å²) in [5.74, 6) is -0.525. The number of halogens is 1. The van der Waals surface area contributed by atoms with Gasteiger partial charge < -0.3 is 14.8 Å². The Hall–Kier alpha value is -0.970. The van der Waals surface area contributed by atoms with Crippen LogP contribution in [-0.4, -0.2) is 23.2 Å². The predicted octanol–water partition coefficient (Wildman–Crippen LogP) is 1.48. The minimum absolute atomic E-state index is 0.0989. The van der Waals surface area contributed by atoms with Crippen LogP contribution in [0.25, 0.3) is 0 Å². The number of carboxylic acid groups (broad SMARTS) is 1. The molecule has 0 fully saturated rings. The first-order chi connectivity index (χ1) is 5.16. The van der Waals surface area contributed by atoms with E-state index in [0.29, 0.717) is 10.2 Å². The number of nitrogens with one attached hydrogen (secondary N) is 1. The number of H-pyrrole nitrogens is 1. The average molecular weight is 220 g/mol. The van der Waals surface area contributed by atoms with Gasteiger partial charge in [0.15, 0.2) is 5.75 Å². The molecule has 0 aliphatic heterocycles. The fourth-order valence-corrected chi connectivity index (χ4v) is 1.25. The normalized spacial score (nSPS) is 9.64. The molecule has 0 saturated carbocycles. The van der Waals surface area contributed by atoms with Gasteiger partial charge in [-0.25, -0.2) is 4.79 Å². The Balaban J connectivity index is 3.10. The summed E-state index contributed by atoms with van der Waals surface area (Å²) in [6.45, 7) is 0. The summed E-state index contributed by atoms with van der Waals surface area (Å²) in [4.78, 5) is 13.0. The molecular weight excluding hydrogens is 214 g/mol. The fraction of sp³-hybridized carbons (Fsp3) is 0.167. The lowest BCUT2D eigenvalue weighted by Crippen LogP contribution is -1.96. The van der Waals surface area contributed by atoms with Crippen LogP contribution in [0.2, 0.25) is 0 Å². The fourth-order valence-electron chi connectivity index (χ4n) is 0.692. The van der Waals surface area contributed by atoms with Crippen molar-refractivity contribution in [1.82, 2.24) is 4.98 Å². The number of rotatable bonds is 2. The molecule has 4 nitrogen and oxygen atoms in total. The molecule has 11 heavy (non-hydrogen) atoms. The van der Waals surface area contributed by atoms with Crippen molar-refractivity contribution >= 4 is 21.9 Å². The summed E-state index contributed by atoms with van der Waals surface area (Å²) >= 11 is 3.07. The van der Waals surface area contributed by atoms with Gasteiger partial charge in [-0.2, -0.15) is 0 Å². The van der Waals surface area contributed by atoms with E-state index in [2.05, 4.69) is 20.9 Å². The molecule has 0 unspecified atom stereocenters. The number of methoxy groups -OCH3 is 1. The van der Waals surface area contributed by atoms with Crippen LogP contribution in [-0.2, 0) is 0 Å². The van der Waals surface area contributed by atoms with Gasteiger partial charge in [-0.05, 0) is 15.9 Å². The van der Waals surface area contributed by atoms with E-state index in [4.69, 9.17) is 9.84 Å². The zero-order valence-corrected chi connectivity index (χ0v) is 7.31. The smallest absolute Gasteiger partial charge is 0.353 e. The lowest BCUT2D eigenvalue weighted by Gasteiger charge is -1.93. The van der Waals surface area contributed by atoms with E-state index in [-0.39, 0.29) is 5.69 Å². The van der Waals surface area contributed by atoms with Crippen molar-refractivity contribution in [2.75, 3.05) is 7.11 Å². The first-order valence-electron chi connectivity index (χ1n) is 2.81. The summed E-state index contributed by atoms with van der Waals surface area (Å²) in [5.41, 5.74) is 0.0989. The second-order valence-corrected chi connectivity index (χ2v) is 2.64. The van der Waals surface area contributed by atoms with Crippen molar-refractivity contribution in [3.8, 4) is 5.75 Å². The van der Waals surface area contributed by atoms with E-state index in [0.717, 1.165) is 0 Å². The molecule has 2 N–H and O–H groups in total. The van der Waals surface area contributed by atoms with Gasteiger partial charge in [0.25, 0.3) is 0 Å². The van der Waals surface area contributed by atoms with Crippen LogP contribution in [0, 0.1) is 0 Å². The van der Waals surface area contributed by atoms with E-state index in [1.807, 2.05) is 0 Å². The van der Waals surface area contributed by atoms with Gasteiger partial charge in [-0.15, -0.1) is 0 Å². The van der Waals surface area contributed by atoms with E-state index >= 15 is 0 Å². The summed E-state index contributed by atoms with van der Waals surface area (Å²) in [5, 5.41) is 8.56. The second kappa shape index (κ2) is 2.96. The van der Waals surface area contributed by atoms with Crippen LogP contribution in [0.4, 0.5) is 0 Å². The molecule has 60 valence electrons. The number of ether oxygens (including phenoxy) is 1. The van der Waals surface area contributed by atoms with E-state index in [1.165, 1.54) is 13.3 Å². The molecule has 0 saturated heterocycles. The summed E-state index contributed by atoms with van der Waals surface area (Å²) < 4.78 is 5.27. The number of carbonyl (C=O) groups is 1. The highest BCUT2D eigenvalue weighted by atomic mass is 79.9. The van der Waals surface area contributed by atoms with Gasteiger partial charge in [0.1, 0.15) is 5.69 Å². The SMILES string of the molecule is COc1c[nH]c(C(=O)O)c1Br. The monoisotopic (exact) mass is 219 g/mol. The molecule has 1 heterocycles. The molecule has 0 bridgehead atoms. The third-order valence-electron chi connectivity index (χ3n) is 1.22. The summed E-state index contributed by atoms with van der Waals surface area (Å²) in [6, 6.07) is 0. The van der Waals surface area contributed by atoms with Crippen LogP contribution in [0.15, 0.2) is 10.7 Å². The largest absolute Gasteiger partial charge is 0.494 e. The quantitative estimate of drug-likeness (QED) is 0.793. The van der Waals surface area contributed by atoms with Crippen LogP contribution < -0.4 is 4.74 Å². The van der Waals surface area contributed by atoms with Gasteiger partial charge in [-0.3, -0.25) is 0 Å². The molecule has 0 aromatic carbocycles. The molecule has 0 radical (unpaired) electrons. The van der Waals surface area contributed by atoms with Gasteiger partial charge in [0.2, 0.25) is 0 Å². The van der Waals surface area contributed by atoms with Crippen molar-refractivity contribution in [1.29, 1.82) is 0 Å². The summed E-state index contributed by atoms with van der Waals surface area (Å²) in [7, 11) is 1.47. The standard InChI is InChI=1S/C6H6BrNO3/c1-11-3-2-8-5(4(3)7)6(9)10/h2,8H,1H3,(H,9,10). The minimum atomic E-state index is -1.01. The third-order valence-corrected chi connectivity index (χ3v) is 2.00. The highest BCUT2D eigenvalue weighted by Crippen LogP contribution is 2.27. The Labute approximate surface area is 71.3 Å². The van der Waals surface area contributed by atoms with E-state index in [9.17, 15) is 4.79 Å². The van der Waals surface area contributed by atoms with Crippen LogP contribution in [0.3, 0.4) is 0 Å². The highest BCUT2D eigenvalue weighted by molar-refractivity contribution is 9.10. The number of aromatic nitrogens is 1. The zero-order valence-electron chi connectivity index (χ0n) is 5.72.